The molecule has 0 unspecified atom stereocenters. The first-order valence-corrected chi connectivity index (χ1v) is 8.15. The predicted octanol–water partition coefficient (Wildman–Crippen LogP) is 0.825. The lowest BCUT2D eigenvalue weighted by Crippen LogP contribution is -2.30. The molecule has 2 aliphatic rings. The number of carboxylic acid groups (broad SMARTS) is 2. The highest BCUT2D eigenvalue weighted by molar-refractivity contribution is 5.92. The highest BCUT2D eigenvalue weighted by atomic mass is 16.6. The Morgan fingerprint density at radius 3 is 2.22 bits per heavy atom. The van der Waals surface area contributed by atoms with E-state index in [0.29, 0.717) is 12.0 Å². The third-order valence-electron chi connectivity index (χ3n) is 3.13. The summed E-state index contributed by atoms with van der Waals surface area (Å²) in [4.78, 5) is 41.7. The van der Waals surface area contributed by atoms with E-state index in [2.05, 4.69) is 0 Å². The molecule has 0 aliphatic carbocycles. The summed E-state index contributed by atoms with van der Waals surface area (Å²) in [6, 6.07) is 0. The number of primary amides is 1. The van der Waals surface area contributed by atoms with Gasteiger partial charge in [-0.3, -0.25) is 19.2 Å². The zero-order valence-corrected chi connectivity index (χ0v) is 15.6. The molecule has 0 spiro atoms. The van der Waals surface area contributed by atoms with Gasteiger partial charge in [-0.1, -0.05) is 6.08 Å². The van der Waals surface area contributed by atoms with E-state index in [1.165, 1.54) is 6.92 Å². The minimum Gasteiger partial charge on any atom is -0.481 e. The number of carbonyl (C=O) groups excluding carboxylic acids is 2. The second-order valence-corrected chi connectivity index (χ2v) is 5.69. The minimum absolute atomic E-state index is 0.0883. The summed E-state index contributed by atoms with van der Waals surface area (Å²) in [7, 11) is 0. The van der Waals surface area contributed by atoms with Crippen molar-refractivity contribution in [3.8, 4) is 0 Å². The van der Waals surface area contributed by atoms with E-state index in [0.717, 1.165) is 26.7 Å². The van der Waals surface area contributed by atoms with Crippen LogP contribution in [0, 0.1) is 0 Å². The van der Waals surface area contributed by atoms with Crippen LogP contribution in [0.1, 0.15) is 40.0 Å². The van der Waals surface area contributed by atoms with Crippen molar-refractivity contribution in [2.24, 2.45) is 5.73 Å². The zero-order valence-electron chi connectivity index (χ0n) is 15.6. The van der Waals surface area contributed by atoms with Crippen molar-refractivity contribution in [1.82, 2.24) is 4.90 Å². The van der Waals surface area contributed by atoms with Gasteiger partial charge in [0, 0.05) is 38.7 Å². The minimum atomic E-state index is -0.833. The smallest absolute Gasteiger partial charge is 0.302 e. The molecule has 4 N–H and O–H groups in total. The second kappa shape index (κ2) is 12.5. The molecular formula is C17H26N2O8. The fourth-order valence-corrected chi connectivity index (χ4v) is 2.16. The summed E-state index contributed by atoms with van der Waals surface area (Å²) in [5, 5.41) is 14.8. The highest BCUT2D eigenvalue weighted by Crippen LogP contribution is 2.26. The van der Waals surface area contributed by atoms with Crippen LogP contribution in [-0.4, -0.2) is 57.9 Å². The number of carbonyl (C=O) groups is 4. The van der Waals surface area contributed by atoms with Gasteiger partial charge in [-0.05, 0) is 19.3 Å². The Kier molecular flexibility index (Phi) is 11.1. The molecule has 0 saturated carbocycles. The normalized spacial score (nSPS) is 20.3. The molecule has 10 nitrogen and oxygen atoms in total. The molecule has 0 bridgehead atoms. The maximum absolute atomic E-state index is 11.2. The molecule has 27 heavy (non-hydrogen) atoms. The number of nitrogens with two attached hydrogens (primary N) is 1. The third-order valence-corrected chi connectivity index (χ3v) is 3.13. The average molecular weight is 386 g/mol. The molecule has 1 fully saturated rings. The van der Waals surface area contributed by atoms with E-state index in [1.807, 2.05) is 17.2 Å². The number of ether oxygens (including phenoxy) is 2. The fraction of sp³-hybridized carbons (Fsp3) is 0.529. The van der Waals surface area contributed by atoms with E-state index < -0.39 is 17.8 Å². The van der Waals surface area contributed by atoms with Crippen molar-refractivity contribution >= 4 is 23.8 Å². The fourth-order valence-electron chi connectivity index (χ4n) is 2.16. The molecule has 2 aliphatic heterocycles. The monoisotopic (exact) mass is 386 g/mol. The second-order valence-electron chi connectivity index (χ2n) is 5.69. The number of carboxylic acids is 2. The number of amides is 1. The molecule has 2 atom stereocenters. The number of hydrogen-bond donors (Lipinski definition) is 3. The van der Waals surface area contributed by atoms with E-state index in [1.54, 1.807) is 6.20 Å². The highest BCUT2D eigenvalue weighted by Gasteiger charge is 2.29. The molecular weight excluding hydrogens is 360 g/mol. The van der Waals surface area contributed by atoms with Crippen LogP contribution >= 0.6 is 0 Å². The molecule has 152 valence electrons. The Hall–Kier alpha value is -2.88. The maximum Gasteiger partial charge on any atom is 0.302 e. The van der Waals surface area contributed by atoms with Gasteiger partial charge in [-0.2, -0.15) is 0 Å². The summed E-state index contributed by atoms with van der Waals surface area (Å²) in [5.41, 5.74) is 5.83. The van der Waals surface area contributed by atoms with Crippen molar-refractivity contribution in [2.75, 3.05) is 6.61 Å². The van der Waals surface area contributed by atoms with Crippen LogP contribution in [0.2, 0.25) is 0 Å². The van der Waals surface area contributed by atoms with Crippen LogP contribution in [-0.2, 0) is 28.7 Å². The van der Waals surface area contributed by atoms with Crippen molar-refractivity contribution in [2.45, 2.75) is 52.4 Å². The number of rotatable bonds is 4. The van der Waals surface area contributed by atoms with E-state index >= 15 is 0 Å². The van der Waals surface area contributed by atoms with Gasteiger partial charge in [0.25, 0.3) is 11.9 Å². The van der Waals surface area contributed by atoms with Crippen molar-refractivity contribution in [1.29, 1.82) is 0 Å². The Bertz CT molecular complexity index is 580. The first-order chi connectivity index (χ1) is 12.5. The van der Waals surface area contributed by atoms with E-state index in [4.69, 9.17) is 35.0 Å². The molecule has 0 aromatic rings. The molecule has 0 aromatic heterocycles. The summed E-state index contributed by atoms with van der Waals surface area (Å²) in [6.45, 7) is 3.82. The van der Waals surface area contributed by atoms with Gasteiger partial charge in [-0.15, -0.1) is 0 Å². The van der Waals surface area contributed by atoms with Crippen LogP contribution in [0.25, 0.3) is 0 Å². The maximum atomic E-state index is 11.2. The van der Waals surface area contributed by atoms with Crippen LogP contribution < -0.4 is 5.73 Å². The van der Waals surface area contributed by atoms with Crippen molar-refractivity contribution < 1.29 is 38.9 Å². The number of esters is 1. The number of allylic oxidation sites excluding steroid dienone is 1. The van der Waals surface area contributed by atoms with Gasteiger partial charge in [0.15, 0.2) is 0 Å². The number of nitrogens with zero attached hydrogens (tertiary/aromatic N) is 1. The van der Waals surface area contributed by atoms with Crippen molar-refractivity contribution in [3.63, 3.8) is 0 Å². The third kappa shape index (κ3) is 12.2. The lowest BCUT2D eigenvalue weighted by atomic mass is 10.1. The van der Waals surface area contributed by atoms with Crippen LogP contribution in [0.5, 0.6) is 0 Å². The zero-order chi connectivity index (χ0) is 21.0. The summed E-state index contributed by atoms with van der Waals surface area (Å²) in [6.07, 6.45) is 7.45. The Labute approximate surface area is 157 Å². The Morgan fingerprint density at radius 1 is 1.19 bits per heavy atom. The standard InChI is InChI=1S/C13H18N2O4.2C2H4O2/c1-9(16)18-8-11-4-5-12(19-11)15-6-2-3-10(7-15)13(14)17;2*1-2(3)4/h2,6-7,11-12H,3-5,8H2,1H3,(H2,14,17);2*1H3,(H,3,4)/t11-,12+;;/m0../s1. The molecule has 0 radical (unpaired) electrons. The molecule has 1 amide bonds. The Morgan fingerprint density at radius 2 is 1.74 bits per heavy atom. The summed E-state index contributed by atoms with van der Waals surface area (Å²) < 4.78 is 10.7. The summed E-state index contributed by atoms with van der Waals surface area (Å²) in [5.74, 6) is -2.38. The SMILES string of the molecule is CC(=O)O.CC(=O)O.CC(=O)OC[C@@H]1CC[C@H](N2C=CCC(C(N)=O)=C2)O1. The van der Waals surface area contributed by atoms with Crippen LogP contribution in [0.15, 0.2) is 24.0 Å². The lowest BCUT2D eigenvalue weighted by molar-refractivity contribution is -0.146. The topological polar surface area (TPSA) is 156 Å². The lowest BCUT2D eigenvalue weighted by Gasteiger charge is -2.26. The summed E-state index contributed by atoms with van der Waals surface area (Å²) >= 11 is 0. The van der Waals surface area contributed by atoms with E-state index in [9.17, 15) is 9.59 Å². The van der Waals surface area contributed by atoms with Gasteiger partial charge < -0.3 is 30.3 Å². The van der Waals surface area contributed by atoms with Gasteiger partial charge in [-0.25, -0.2) is 0 Å². The first-order valence-electron chi connectivity index (χ1n) is 8.15. The average Bonchev–Trinajstić information content (AvgIpc) is 3.01. The number of aliphatic carboxylic acids is 2. The van der Waals surface area contributed by atoms with Gasteiger partial charge in [0.05, 0.1) is 6.10 Å². The van der Waals surface area contributed by atoms with Crippen LogP contribution in [0.3, 0.4) is 0 Å². The predicted molar refractivity (Wildman–Crippen MR) is 94.0 cm³/mol. The largest absolute Gasteiger partial charge is 0.481 e. The van der Waals surface area contributed by atoms with Gasteiger partial charge >= 0.3 is 5.97 Å². The molecule has 1 saturated heterocycles. The van der Waals surface area contributed by atoms with Crippen LogP contribution in [0.4, 0.5) is 0 Å². The molecule has 10 heteroatoms. The quantitative estimate of drug-likeness (QED) is 0.595. The first kappa shape index (κ1) is 24.1. The van der Waals surface area contributed by atoms with Gasteiger partial charge in [0.1, 0.15) is 12.8 Å². The molecule has 2 rings (SSSR count). The van der Waals surface area contributed by atoms with E-state index in [-0.39, 0.29) is 24.9 Å². The van der Waals surface area contributed by atoms with Gasteiger partial charge in [0.2, 0.25) is 5.91 Å². The van der Waals surface area contributed by atoms with Crippen molar-refractivity contribution in [3.05, 3.63) is 24.0 Å². The molecule has 0 aromatic carbocycles. The number of hydrogen-bond acceptors (Lipinski definition) is 7. The Balaban J connectivity index is 0.000000718. The molecule has 2 heterocycles.